The summed E-state index contributed by atoms with van der Waals surface area (Å²) in [5, 5.41) is 15.2. The Hall–Kier alpha value is -2.82. The first-order chi connectivity index (χ1) is 17.9. The summed E-state index contributed by atoms with van der Waals surface area (Å²) in [5.41, 5.74) is 1.91. The number of fused-ring (bicyclic) bond motifs is 1. The van der Waals surface area contributed by atoms with E-state index in [1.54, 1.807) is 0 Å². The van der Waals surface area contributed by atoms with Gasteiger partial charge in [0.25, 0.3) is 5.91 Å². The summed E-state index contributed by atoms with van der Waals surface area (Å²) in [6, 6.07) is 3.05. The Labute approximate surface area is 221 Å². The number of amides is 1. The van der Waals surface area contributed by atoms with Crippen molar-refractivity contribution in [2.75, 3.05) is 44.7 Å². The Morgan fingerprint density at radius 1 is 1.27 bits per heavy atom. The van der Waals surface area contributed by atoms with Crippen molar-refractivity contribution in [2.45, 2.75) is 51.5 Å². The lowest BCUT2D eigenvalue weighted by atomic mass is 10.1. The number of pyridine rings is 2. The number of ether oxygens (including phenoxy) is 1. The van der Waals surface area contributed by atoms with E-state index in [1.165, 1.54) is 5.56 Å². The molecule has 0 radical (unpaired) electrons. The van der Waals surface area contributed by atoms with Crippen LogP contribution >= 0.6 is 11.6 Å². The zero-order valence-electron chi connectivity index (χ0n) is 21.1. The molecule has 0 saturated heterocycles. The lowest BCUT2D eigenvalue weighted by Crippen LogP contribution is -2.44. The molecular weight excluding hydrogens is 501 g/mol. The summed E-state index contributed by atoms with van der Waals surface area (Å²) in [7, 11) is 0. The van der Waals surface area contributed by atoms with Crippen molar-refractivity contribution in [3.63, 3.8) is 0 Å². The first kappa shape index (κ1) is 28.7. The third-order valence-corrected chi connectivity index (χ3v) is 6.57. The van der Waals surface area contributed by atoms with Crippen molar-refractivity contribution in [1.29, 1.82) is 0 Å². The lowest BCUT2D eigenvalue weighted by Gasteiger charge is -2.24. The number of halogens is 2. The predicted molar refractivity (Wildman–Crippen MR) is 140 cm³/mol. The smallest absolute Gasteiger partial charge is 0.326 e. The van der Waals surface area contributed by atoms with Gasteiger partial charge in [-0.15, -0.1) is 0 Å². The number of rotatable bonds is 15. The van der Waals surface area contributed by atoms with Crippen LogP contribution in [-0.2, 0) is 22.4 Å². The highest BCUT2D eigenvalue weighted by Gasteiger charge is 2.25. The number of aliphatic carboxylic acids is 1. The molecule has 9 nitrogen and oxygen atoms in total. The third-order valence-electron chi connectivity index (χ3n) is 6.28. The molecule has 2 aromatic rings. The fourth-order valence-corrected chi connectivity index (χ4v) is 4.48. The van der Waals surface area contributed by atoms with E-state index in [-0.39, 0.29) is 11.4 Å². The van der Waals surface area contributed by atoms with E-state index in [4.69, 9.17) is 21.3 Å². The van der Waals surface area contributed by atoms with Gasteiger partial charge in [0.2, 0.25) is 0 Å². The van der Waals surface area contributed by atoms with Crippen LogP contribution < -0.4 is 10.6 Å². The number of nitrogens with one attached hydrogen (secondary N) is 2. The number of carboxylic acids is 1. The van der Waals surface area contributed by atoms with Crippen LogP contribution in [0.2, 0.25) is 5.02 Å². The molecule has 37 heavy (non-hydrogen) atoms. The number of aromatic nitrogens is 2. The summed E-state index contributed by atoms with van der Waals surface area (Å²) in [6.45, 7) is 5.82. The Morgan fingerprint density at radius 3 is 2.86 bits per heavy atom. The molecular formula is C26H35ClFN5O4. The Morgan fingerprint density at radius 2 is 2.11 bits per heavy atom. The highest BCUT2D eigenvalue weighted by molar-refractivity contribution is 6.33. The molecule has 0 aromatic carbocycles. The first-order valence-electron chi connectivity index (χ1n) is 12.7. The molecule has 3 rings (SSSR count). The number of nitrogens with zero attached hydrogens (tertiary/aromatic N) is 3. The van der Waals surface area contributed by atoms with E-state index >= 15 is 0 Å². The second-order valence-corrected chi connectivity index (χ2v) is 9.37. The molecule has 1 aliphatic rings. The van der Waals surface area contributed by atoms with E-state index in [2.05, 4.69) is 32.7 Å². The van der Waals surface area contributed by atoms with Crippen molar-refractivity contribution in [1.82, 2.24) is 20.2 Å². The van der Waals surface area contributed by atoms with Crippen LogP contribution in [0.1, 0.15) is 54.2 Å². The van der Waals surface area contributed by atoms with Crippen molar-refractivity contribution in [3.8, 4) is 0 Å². The average molecular weight is 536 g/mol. The standard InChI is InChI=1S/C26H35ClFN5O4/c1-2-37-15-14-33(12-4-3-7-19-9-8-18-6-5-11-30-24(18)31-19)13-10-22(26(35)36)32-25(34)23-20(27)16-29-17-21(23)28/h8-9,16-17,22H,2-7,10-15H2,1H3,(H,30,31)(H,32,34)(H,35,36). The van der Waals surface area contributed by atoms with E-state index in [1.807, 2.05) is 6.92 Å². The van der Waals surface area contributed by atoms with Crippen LogP contribution in [0, 0.1) is 5.82 Å². The predicted octanol–water partition coefficient (Wildman–Crippen LogP) is 3.56. The van der Waals surface area contributed by atoms with E-state index < -0.39 is 29.3 Å². The molecule has 0 fully saturated rings. The van der Waals surface area contributed by atoms with Gasteiger partial charge in [0.05, 0.1) is 23.4 Å². The quantitative estimate of drug-likeness (QED) is 0.296. The minimum atomic E-state index is -1.20. The fraction of sp³-hybridized carbons (Fsp3) is 0.538. The Bertz CT molecular complexity index is 1040. The molecule has 1 amide bonds. The van der Waals surface area contributed by atoms with E-state index in [9.17, 15) is 19.1 Å². The Kier molecular flexibility index (Phi) is 11.5. The van der Waals surface area contributed by atoms with Crippen LogP contribution in [0.5, 0.6) is 0 Å². The van der Waals surface area contributed by atoms with Gasteiger partial charge in [-0.25, -0.2) is 14.2 Å². The highest BCUT2D eigenvalue weighted by Crippen LogP contribution is 2.20. The number of carbonyl (C=O) groups excluding carboxylic acids is 1. The van der Waals surface area contributed by atoms with Crippen LogP contribution in [0.3, 0.4) is 0 Å². The molecule has 202 valence electrons. The van der Waals surface area contributed by atoms with Gasteiger partial charge in [-0.1, -0.05) is 17.7 Å². The normalized spacial score (nSPS) is 13.6. The third kappa shape index (κ3) is 8.91. The number of carbonyl (C=O) groups is 2. The van der Waals surface area contributed by atoms with E-state index in [0.29, 0.717) is 26.3 Å². The molecule has 11 heteroatoms. The molecule has 1 atom stereocenters. The average Bonchev–Trinajstić information content (AvgIpc) is 2.88. The summed E-state index contributed by atoms with van der Waals surface area (Å²) >= 11 is 5.90. The second-order valence-electron chi connectivity index (χ2n) is 8.97. The van der Waals surface area contributed by atoms with E-state index in [0.717, 1.165) is 69.1 Å². The maximum atomic E-state index is 14.0. The topological polar surface area (TPSA) is 117 Å². The number of aryl methyl sites for hydroxylation is 2. The maximum Gasteiger partial charge on any atom is 0.326 e. The molecule has 0 spiro atoms. The molecule has 1 aliphatic heterocycles. The number of hydrogen-bond acceptors (Lipinski definition) is 7. The molecule has 1 unspecified atom stereocenters. The zero-order valence-corrected chi connectivity index (χ0v) is 21.9. The molecule has 3 N–H and O–H groups in total. The minimum Gasteiger partial charge on any atom is -0.480 e. The van der Waals surface area contributed by atoms with Gasteiger partial charge in [0, 0.05) is 38.1 Å². The van der Waals surface area contributed by atoms with Gasteiger partial charge in [0.1, 0.15) is 11.9 Å². The highest BCUT2D eigenvalue weighted by atomic mass is 35.5. The second kappa shape index (κ2) is 14.8. The molecule has 3 heterocycles. The van der Waals surface area contributed by atoms with Gasteiger partial charge >= 0.3 is 5.97 Å². The van der Waals surface area contributed by atoms with Gasteiger partial charge < -0.3 is 25.4 Å². The van der Waals surface area contributed by atoms with Crippen LogP contribution in [0.15, 0.2) is 24.5 Å². The van der Waals surface area contributed by atoms with Gasteiger partial charge in [-0.05, 0) is 63.6 Å². The largest absolute Gasteiger partial charge is 0.480 e. The summed E-state index contributed by atoms with van der Waals surface area (Å²) in [6.07, 6.45) is 7.05. The fourth-order valence-electron chi connectivity index (χ4n) is 4.25. The van der Waals surface area contributed by atoms with Gasteiger partial charge in [0.15, 0.2) is 5.82 Å². The number of hydrogen-bond donors (Lipinski definition) is 3. The maximum absolute atomic E-state index is 14.0. The lowest BCUT2D eigenvalue weighted by molar-refractivity contribution is -0.139. The van der Waals surface area contributed by atoms with Crippen molar-refractivity contribution in [3.05, 3.63) is 52.2 Å². The van der Waals surface area contributed by atoms with Crippen molar-refractivity contribution in [2.24, 2.45) is 0 Å². The molecule has 2 aromatic heterocycles. The van der Waals surface area contributed by atoms with Gasteiger partial charge in [-0.2, -0.15) is 0 Å². The molecule has 0 saturated carbocycles. The minimum absolute atomic E-state index is 0.148. The van der Waals surface area contributed by atoms with Crippen LogP contribution in [0.25, 0.3) is 0 Å². The summed E-state index contributed by atoms with van der Waals surface area (Å²) in [4.78, 5) is 34.8. The van der Waals surface area contributed by atoms with Crippen molar-refractivity contribution < 1.29 is 23.8 Å². The zero-order chi connectivity index (χ0) is 26.6. The summed E-state index contributed by atoms with van der Waals surface area (Å²) in [5.74, 6) is -1.99. The number of carboxylic acid groups (broad SMARTS) is 1. The monoisotopic (exact) mass is 535 g/mol. The van der Waals surface area contributed by atoms with Crippen LogP contribution in [0.4, 0.5) is 10.2 Å². The molecule has 0 bridgehead atoms. The Balaban J connectivity index is 1.51. The first-order valence-corrected chi connectivity index (χ1v) is 13.1. The number of unbranched alkanes of at least 4 members (excludes halogenated alkanes) is 1. The van der Waals surface area contributed by atoms with Crippen LogP contribution in [-0.4, -0.2) is 77.3 Å². The SMILES string of the molecule is CCOCCN(CCCCc1ccc2c(n1)NCCC2)CCC(NC(=O)c1c(F)cncc1Cl)C(=O)O. The van der Waals surface area contributed by atoms with Gasteiger partial charge in [-0.3, -0.25) is 9.78 Å². The summed E-state index contributed by atoms with van der Waals surface area (Å²) < 4.78 is 19.5. The number of anilines is 1. The van der Waals surface area contributed by atoms with Crippen molar-refractivity contribution >= 4 is 29.3 Å². The molecule has 0 aliphatic carbocycles.